The zero-order valence-corrected chi connectivity index (χ0v) is 18.6. The number of hydrogen-bond acceptors (Lipinski definition) is 3. The molecule has 1 aromatic heterocycles. The lowest BCUT2D eigenvalue weighted by atomic mass is 9.97. The van der Waals surface area contributed by atoms with Gasteiger partial charge in [0.1, 0.15) is 11.9 Å². The van der Waals surface area contributed by atoms with E-state index in [1.165, 1.54) is 27.7 Å². The van der Waals surface area contributed by atoms with Crippen molar-refractivity contribution in [3.05, 3.63) is 96.2 Å². The molecule has 4 nitrogen and oxygen atoms in total. The molecule has 0 saturated carbocycles. The minimum absolute atomic E-state index is 0.136. The van der Waals surface area contributed by atoms with Crippen molar-refractivity contribution in [3.8, 4) is 5.75 Å². The number of aromatic nitrogens is 1. The highest BCUT2D eigenvalue weighted by atomic mass is 16.5. The monoisotopic (exact) mass is 425 g/mol. The maximum Gasteiger partial charge on any atom is 0.143 e. The van der Waals surface area contributed by atoms with Crippen molar-refractivity contribution in [2.24, 2.45) is 0 Å². The summed E-state index contributed by atoms with van der Waals surface area (Å²) in [5, 5.41) is 4.99. The highest BCUT2D eigenvalue weighted by Crippen LogP contribution is 2.34. The largest absolute Gasteiger partial charge is 0.485 e. The molecule has 0 amide bonds. The summed E-state index contributed by atoms with van der Waals surface area (Å²) in [4.78, 5) is 5.84. The Morgan fingerprint density at radius 1 is 1.00 bits per heavy atom. The Kier molecular flexibility index (Phi) is 6.13. The third-order valence-electron chi connectivity index (χ3n) is 6.42. The third-order valence-corrected chi connectivity index (χ3v) is 6.42. The molecule has 164 valence electrons. The molecule has 4 heteroatoms. The summed E-state index contributed by atoms with van der Waals surface area (Å²) in [7, 11) is 0. The van der Waals surface area contributed by atoms with Crippen molar-refractivity contribution in [2.75, 3.05) is 24.5 Å². The molecule has 5 rings (SSSR count). The quantitative estimate of drug-likeness (QED) is 0.355. The van der Waals surface area contributed by atoms with Crippen LogP contribution < -0.4 is 15.0 Å². The second-order valence-electron chi connectivity index (χ2n) is 8.76. The predicted molar refractivity (Wildman–Crippen MR) is 133 cm³/mol. The van der Waals surface area contributed by atoms with Gasteiger partial charge in [0.05, 0.1) is 12.2 Å². The first kappa shape index (κ1) is 20.7. The Labute approximate surface area is 190 Å². The lowest BCUT2D eigenvalue weighted by molar-refractivity contribution is 0.189. The standard InChI is InChI=1S/C28H31N3O/c1-21(25-18-30-26-12-6-5-11-24(25)26)15-16-29-17-23-20-31(19-22-9-3-2-4-10-22)27-13-7-8-14-28(27)32-23/h2-14,18,21,23,29-30H,15-17,19-20H2,1H3. The molecule has 0 saturated heterocycles. The van der Waals surface area contributed by atoms with Gasteiger partial charge in [-0.1, -0.05) is 67.6 Å². The van der Waals surface area contributed by atoms with Crippen molar-refractivity contribution in [2.45, 2.75) is 31.9 Å². The number of hydrogen-bond donors (Lipinski definition) is 2. The molecule has 2 atom stereocenters. The second-order valence-corrected chi connectivity index (χ2v) is 8.76. The first-order chi connectivity index (χ1) is 15.8. The van der Waals surface area contributed by atoms with Crippen LogP contribution in [0.1, 0.15) is 30.4 Å². The molecule has 1 aliphatic rings. The summed E-state index contributed by atoms with van der Waals surface area (Å²) >= 11 is 0. The zero-order chi connectivity index (χ0) is 21.8. The maximum atomic E-state index is 6.33. The fourth-order valence-electron chi connectivity index (χ4n) is 4.68. The topological polar surface area (TPSA) is 40.3 Å². The van der Waals surface area contributed by atoms with Crippen LogP contribution in [0.4, 0.5) is 5.69 Å². The fourth-order valence-corrected chi connectivity index (χ4v) is 4.68. The van der Waals surface area contributed by atoms with Crippen LogP contribution in [-0.2, 0) is 6.54 Å². The summed E-state index contributed by atoms with van der Waals surface area (Å²) in [5.41, 5.74) is 5.12. The van der Waals surface area contributed by atoms with Crippen LogP contribution >= 0.6 is 0 Å². The number of nitrogens with zero attached hydrogens (tertiary/aromatic N) is 1. The average molecular weight is 426 g/mol. The van der Waals surface area contributed by atoms with E-state index in [0.29, 0.717) is 5.92 Å². The number of anilines is 1. The summed E-state index contributed by atoms with van der Waals surface area (Å²) in [6, 6.07) is 27.6. The van der Waals surface area contributed by atoms with Crippen LogP contribution in [0.2, 0.25) is 0 Å². The van der Waals surface area contributed by atoms with E-state index >= 15 is 0 Å². The van der Waals surface area contributed by atoms with Crippen molar-refractivity contribution in [1.29, 1.82) is 0 Å². The Morgan fingerprint density at radius 3 is 2.69 bits per heavy atom. The van der Waals surface area contributed by atoms with Gasteiger partial charge in [0.2, 0.25) is 0 Å². The van der Waals surface area contributed by atoms with E-state index in [1.54, 1.807) is 0 Å². The van der Waals surface area contributed by atoms with Crippen LogP contribution in [-0.4, -0.2) is 30.7 Å². The van der Waals surface area contributed by atoms with Gasteiger partial charge in [-0.25, -0.2) is 0 Å². The van der Waals surface area contributed by atoms with Gasteiger partial charge in [0.15, 0.2) is 0 Å². The van der Waals surface area contributed by atoms with E-state index in [0.717, 1.165) is 38.3 Å². The molecule has 2 N–H and O–H groups in total. The van der Waals surface area contributed by atoms with Gasteiger partial charge in [0, 0.05) is 30.2 Å². The maximum absolute atomic E-state index is 6.33. The van der Waals surface area contributed by atoms with Gasteiger partial charge < -0.3 is 19.9 Å². The third kappa shape index (κ3) is 4.51. The molecule has 4 aromatic rings. The fraction of sp³-hybridized carbons (Fsp3) is 0.286. The molecule has 2 unspecified atom stereocenters. The first-order valence-corrected chi connectivity index (χ1v) is 11.6. The summed E-state index contributed by atoms with van der Waals surface area (Å²) in [5.74, 6) is 1.48. The van der Waals surface area contributed by atoms with Crippen LogP contribution in [0.15, 0.2) is 85.1 Å². The SMILES string of the molecule is CC(CCNCC1CN(Cc2ccccc2)c2ccccc2O1)c1c[nH]c2ccccc12. The molecule has 0 spiro atoms. The summed E-state index contributed by atoms with van der Waals surface area (Å²) in [6.07, 6.45) is 3.40. The van der Waals surface area contributed by atoms with E-state index in [-0.39, 0.29) is 6.10 Å². The molecule has 1 aliphatic heterocycles. The summed E-state index contributed by atoms with van der Waals surface area (Å²) < 4.78 is 6.33. The molecular formula is C28H31N3O. The number of H-pyrrole nitrogens is 1. The van der Waals surface area contributed by atoms with Gasteiger partial charge in [-0.3, -0.25) is 0 Å². The van der Waals surface area contributed by atoms with E-state index in [1.807, 2.05) is 0 Å². The van der Waals surface area contributed by atoms with E-state index in [4.69, 9.17) is 4.74 Å². The molecule has 3 aromatic carbocycles. The van der Waals surface area contributed by atoms with Crippen LogP contribution in [0.5, 0.6) is 5.75 Å². The zero-order valence-electron chi connectivity index (χ0n) is 18.6. The van der Waals surface area contributed by atoms with Crippen LogP contribution in [0, 0.1) is 0 Å². The molecule has 0 aliphatic carbocycles. The van der Waals surface area contributed by atoms with E-state index in [2.05, 4.69) is 107 Å². The number of ether oxygens (including phenoxy) is 1. The summed E-state index contributed by atoms with van der Waals surface area (Å²) in [6.45, 7) is 5.92. The minimum Gasteiger partial charge on any atom is -0.485 e. The van der Waals surface area contributed by atoms with Crippen molar-refractivity contribution >= 4 is 16.6 Å². The number of nitrogens with one attached hydrogen (secondary N) is 2. The van der Waals surface area contributed by atoms with Crippen LogP contribution in [0.25, 0.3) is 10.9 Å². The highest BCUT2D eigenvalue weighted by molar-refractivity contribution is 5.83. The molecule has 0 bridgehead atoms. The highest BCUT2D eigenvalue weighted by Gasteiger charge is 2.25. The molecule has 0 fully saturated rings. The second kappa shape index (κ2) is 9.49. The lowest BCUT2D eigenvalue weighted by Gasteiger charge is -2.36. The Balaban J connectivity index is 1.18. The number of fused-ring (bicyclic) bond motifs is 2. The van der Waals surface area contributed by atoms with E-state index in [9.17, 15) is 0 Å². The molecule has 32 heavy (non-hydrogen) atoms. The van der Waals surface area contributed by atoms with Gasteiger partial charge >= 0.3 is 0 Å². The van der Waals surface area contributed by atoms with Gasteiger partial charge in [-0.2, -0.15) is 0 Å². The number of benzene rings is 3. The van der Waals surface area contributed by atoms with Gasteiger partial charge in [-0.05, 0) is 48.2 Å². The lowest BCUT2D eigenvalue weighted by Crippen LogP contribution is -2.45. The molecule has 0 radical (unpaired) electrons. The van der Waals surface area contributed by atoms with Crippen molar-refractivity contribution in [1.82, 2.24) is 10.3 Å². The Bertz CT molecular complexity index is 1150. The normalized spacial score (nSPS) is 16.5. The number of rotatable bonds is 8. The van der Waals surface area contributed by atoms with Crippen molar-refractivity contribution in [3.63, 3.8) is 0 Å². The molecule has 2 heterocycles. The molecular weight excluding hydrogens is 394 g/mol. The van der Waals surface area contributed by atoms with Crippen LogP contribution in [0.3, 0.4) is 0 Å². The number of para-hydroxylation sites is 3. The van der Waals surface area contributed by atoms with E-state index < -0.39 is 0 Å². The first-order valence-electron chi connectivity index (χ1n) is 11.6. The average Bonchev–Trinajstić information content (AvgIpc) is 3.27. The number of aromatic amines is 1. The Hall–Kier alpha value is -3.24. The van der Waals surface area contributed by atoms with Crippen molar-refractivity contribution < 1.29 is 4.74 Å². The van der Waals surface area contributed by atoms with Gasteiger partial charge in [0.25, 0.3) is 0 Å². The Morgan fingerprint density at radius 2 is 1.78 bits per heavy atom. The predicted octanol–water partition coefficient (Wildman–Crippen LogP) is 5.72. The smallest absolute Gasteiger partial charge is 0.143 e. The minimum atomic E-state index is 0.136. The van der Waals surface area contributed by atoms with Gasteiger partial charge in [-0.15, -0.1) is 0 Å².